The van der Waals surface area contributed by atoms with E-state index in [4.69, 9.17) is 4.74 Å². The lowest BCUT2D eigenvalue weighted by Crippen LogP contribution is -2.16. The van der Waals surface area contributed by atoms with E-state index in [0.717, 1.165) is 18.6 Å². The Labute approximate surface area is 142 Å². The molecule has 1 aromatic heterocycles. The zero-order valence-corrected chi connectivity index (χ0v) is 14.0. The number of hydrogen-bond acceptors (Lipinski definition) is 2. The normalized spacial score (nSPS) is 11.9. The lowest BCUT2D eigenvalue weighted by Gasteiger charge is -2.13. The third-order valence-corrected chi connectivity index (χ3v) is 4.01. The Bertz CT molecular complexity index is 736. The van der Waals surface area contributed by atoms with E-state index < -0.39 is 0 Å². The van der Waals surface area contributed by atoms with Crippen LogP contribution in [-0.4, -0.2) is 22.9 Å². The number of aliphatic hydroxyl groups excluding tert-OH is 1. The van der Waals surface area contributed by atoms with Crippen LogP contribution in [0.15, 0.2) is 60.8 Å². The summed E-state index contributed by atoms with van der Waals surface area (Å²) in [5, 5.41) is 11.5. The summed E-state index contributed by atoms with van der Waals surface area (Å²) in [6.45, 7) is 0.629. The number of rotatable bonds is 6. The first-order valence-electron chi connectivity index (χ1n) is 7.61. The molecule has 23 heavy (non-hydrogen) atoms. The van der Waals surface area contributed by atoms with Gasteiger partial charge in [0.2, 0.25) is 0 Å². The highest BCUT2D eigenvalue weighted by Gasteiger charge is 2.08. The maximum absolute atomic E-state index is 10.3. The zero-order valence-electron chi connectivity index (χ0n) is 13.2. The Hall–Kier alpha value is -1.97. The van der Waals surface area contributed by atoms with Gasteiger partial charge in [-0.15, -0.1) is 12.4 Å². The molecule has 1 unspecified atom stereocenters. The fourth-order valence-electron chi connectivity index (χ4n) is 2.74. The fourth-order valence-corrected chi connectivity index (χ4v) is 2.74. The molecule has 4 heteroatoms. The van der Waals surface area contributed by atoms with E-state index in [-0.39, 0.29) is 18.5 Å². The second kappa shape index (κ2) is 8.04. The predicted octanol–water partition coefficient (Wildman–Crippen LogP) is 4.07. The van der Waals surface area contributed by atoms with Crippen molar-refractivity contribution < 1.29 is 9.84 Å². The monoisotopic (exact) mass is 331 g/mol. The number of aryl methyl sites for hydroxylation is 1. The van der Waals surface area contributed by atoms with Crippen molar-refractivity contribution in [1.82, 2.24) is 4.57 Å². The highest BCUT2D eigenvalue weighted by molar-refractivity contribution is 5.85. The molecule has 0 radical (unpaired) electrons. The van der Waals surface area contributed by atoms with Crippen LogP contribution in [0, 0.1) is 0 Å². The number of benzene rings is 2. The number of nitrogens with zero attached hydrogens (tertiary/aromatic N) is 1. The van der Waals surface area contributed by atoms with Crippen LogP contribution < -0.4 is 4.74 Å². The van der Waals surface area contributed by atoms with Crippen molar-refractivity contribution >= 4 is 23.3 Å². The van der Waals surface area contributed by atoms with Gasteiger partial charge < -0.3 is 14.4 Å². The standard InChI is InChI=1S/C19H21NO2.ClH/c1-22-18-10-7-15(8-11-18)6-9-17(21)14-20-13-12-16-4-2-3-5-19(16)20;/h2-5,7-8,10-13,17,21H,6,9,14H2,1H3;1H. The van der Waals surface area contributed by atoms with Crippen molar-refractivity contribution in [1.29, 1.82) is 0 Å². The topological polar surface area (TPSA) is 34.4 Å². The molecule has 0 aliphatic carbocycles. The van der Waals surface area contributed by atoms with Crippen molar-refractivity contribution in [2.75, 3.05) is 7.11 Å². The minimum atomic E-state index is -0.349. The molecule has 0 saturated heterocycles. The van der Waals surface area contributed by atoms with Gasteiger partial charge in [-0.05, 0) is 48.1 Å². The Morgan fingerprint density at radius 2 is 1.78 bits per heavy atom. The summed E-state index contributed by atoms with van der Waals surface area (Å²) in [5.41, 5.74) is 2.39. The summed E-state index contributed by atoms with van der Waals surface area (Å²) in [6, 6.07) is 18.4. The number of fused-ring (bicyclic) bond motifs is 1. The summed E-state index contributed by atoms with van der Waals surface area (Å²) in [5.74, 6) is 0.864. The van der Waals surface area contributed by atoms with Crippen LogP contribution in [0.1, 0.15) is 12.0 Å². The van der Waals surface area contributed by atoms with Crippen LogP contribution in [0.4, 0.5) is 0 Å². The average molecular weight is 332 g/mol. The number of aliphatic hydroxyl groups is 1. The highest BCUT2D eigenvalue weighted by Crippen LogP contribution is 2.17. The van der Waals surface area contributed by atoms with E-state index in [1.807, 2.05) is 30.5 Å². The van der Waals surface area contributed by atoms with Crippen LogP contribution in [0.5, 0.6) is 5.75 Å². The minimum absolute atomic E-state index is 0. The molecule has 3 aromatic rings. The van der Waals surface area contributed by atoms with E-state index in [1.165, 1.54) is 16.5 Å². The van der Waals surface area contributed by atoms with Crippen molar-refractivity contribution in [3.8, 4) is 5.75 Å². The van der Waals surface area contributed by atoms with Gasteiger partial charge in [0.1, 0.15) is 5.75 Å². The fraction of sp³-hybridized carbons (Fsp3) is 0.263. The molecule has 3 nitrogen and oxygen atoms in total. The maximum Gasteiger partial charge on any atom is 0.118 e. The van der Waals surface area contributed by atoms with Crippen LogP contribution in [-0.2, 0) is 13.0 Å². The zero-order chi connectivity index (χ0) is 15.4. The van der Waals surface area contributed by atoms with Crippen molar-refractivity contribution in [3.63, 3.8) is 0 Å². The van der Waals surface area contributed by atoms with Gasteiger partial charge in [-0.1, -0.05) is 30.3 Å². The Balaban J connectivity index is 0.00000192. The molecule has 0 aliphatic heterocycles. The van der Waals surface area contributed by atoms with Gasteiger partial charge in [0.25, 0.3) is 0 Å². The third-order valence-electron chi connectivity index (χ3n) is 4.01. The Morgan fingerprint density at radius 1 is 1.04 bits per heavy atom. The first kappa shape index (κ1) is 17.4. The molecule has 0 fully saturated rings. The smallest absolute Gasteiger partial charge is 0.118 e. The van der Waals surface area contributed by atoms with Crippen molar-refractivity contribution in [2.45, 2.75) is 25.5 Å². The third kappa shape index (κ3) is 4.27. The van der Waals surface area contributed by atoms with Gasteiger partial charge in [-0.3, -0.25) is 0 Å². The van der Waals surface area contributed by atoms with Crippen LogP contribution in [0.2, 0.25) is 0 Å². The van der Waals surface area contributed by atoms with Gasteiger partial charge in [0.05, 0.1) is 13.2 Å². The second-order valence-electron chi connectivity index (χ2n) is 5.57. The number of aromatic nitrogens is 1. The predicted molar refractivity (Wildman–Crippen MR) is 96.5 cm³/mol. The molecular formula is C19H22ClNO2. The van der Waals surface area contributed by atoms with E-state index in [9.17, 15) is 5.11 Å². The maximum atomic E-state index is 10.3. The van der Waals surface area contributed by atoms with E-state index >= 15 is 0 Å². The lowest BCUT2D eigenvalue weighted by atomic mass is 10.1. The average Bonchev–Trinajstić information content (AvgIpc) is 2.97. The number of hydrogen-bond donors (Lipinski definition) is 1. The molecule has 1 heterocycles. The molecule has 0 saturated carbocycles. The van der Waals surface area contributed by atoms with Gasteiger partial charge >= 0.3 is 0 Å². The number of halogens is 1. The number of ether oxygens (including phenoxy) is 1. The lowest BCUT2D eigenvalue weighted by molar-refractivity contribution is 0.146. The molecule has 0 aliphatic rings. The van der Waals surface area contributed by atoms with Crippen LogP contribution >= 0.6 is 12.4 Å². The Kier molecular flexibility index (Phi) is 6.08. The second-order valence-corrected chi connectivity index (χ2v) is 5.57. The van der Waals surface area contributed by atoms with Gasteiger partial charge in [0.15, 0.2) is 0 Å². The summed E-state index contributed by atoms with van der Waals surface area (Å²) >= 11 is 0. The minimum Gasteiger partial charge on any atom is -0.497 e. The number of para-hydroxylation sites is 1. The van der Waals surface area contributed by atoms with E-state index in [2.05, 4.69) is 34.9 Å². The molecular weight excluding hydrogens is 310 g/mol. The van der Waals surface area contributed by atoms with Crippen molar-refractivity contribution in [2.24, 2.45) is 0 Å². The highest BCUT2D eigenvalue weighted by atomic mass is 35.5. The van der Waals surface area contributed by atoms with E-state index in [1.54, 1.807) is 7.11 Å². The molecule has 1 atom stereocenters. The molecule has 0 spiro atoms. The van der Waals surface area contributed by atoms with Gasteiger partial charge in [-0.2, -0.15) is 0 Å². The summed E-state index contributed by atoms with van der Waals surface area (Å²) < 4.78 is 7.27. The van der Waals surface area contributed by atoms with Gasteiger partial charge in [0, 0.05) is 18.3 Å². The quantitative estimate of drug-likeness (QED) is 0.739. The van der Waals surface area contributed by atoms with E-state index in [0.29, 0.717) is 6.54 Å². The van der Waals surface area contributed by atoms with Crippen molar-refractivity contribution in [3.05, 3.63) is 66.4 Å². The molecule has 0 bridgehead atoms. The molecule has 2 aromatic carbocycles. The molecule has 3 rings (SSSR count). The largest absolute Gasteiger partial charge is 0.497 e. The SMILES string of the molecule is COc1ccc(CCC(O)Cn2ccc3ccccc32)cc1.Cl. The number of methoxy groups -OCH3 is 1. The summed E-state index contributed by atoms with van der Waals surface area (Å²) in [6.07, 6.45) is 3.31. The molecule has 0 amide bonds. The van der Waals surface area contributed by atoms with Gasteiger partial charge in [-0.25, -0.2) is 0 Å². The summed E-state index contributed by atoms with van der Waals surface area (Å²) in [7, 11) is 1.67. The van der Waals surface area contributed by atoms with Crippen LogP contribution in [0.25, 0.3) is 10.9 Å². The summed E-state index contributed by atoms with van der Waals surface area (Å²) in [4.78, 5) is 0. The molecule has 122 valence electrons. The Morgan fingerprint density at radius 3 is 2.52 bits per heavy atom. The van der Waals surface area contributed by atoms with Crippen LogP contribution in [0.3, 0.4) is 0 Å². The molecule has 1 N–H and O–H groups in total. The first-order chi connectivity index (χ1) is 10.8. The first-order valence-corrected chi connectivity index (χ1v) is 7.61.